The van der Waals surface area contributed by atoms with E-state index in [4.69, 9.17) is 5.73 Å². The van der Waals surface area contributed by atoms with Gasteiger partial charge in [-0.05, 0) is 45.8 Å². The molecule has 0 saturated heterocycles. The third kappa shape index (κ3) is 6.17. The van der Waals surface area contributed by atoms with Crippen LogP contribution < -0.4 is 11.1 Å². The van der Waals surface area contributed by atoms with E-state index in [9.17, 15) is 4.79 Å². The minimum absolute atomic E-state index is 0.0685. The molecule has 4 heteroatoms. The number of carbonyl (C=O) groups excluding carboxylic acids is 1. The van der Waals surface area contributed by atoms with Gasteiger partial charge in [0.1, 0.15) is 0 Å². The second-order valence-electron chi connectivity index (χ2n) is 5.52. The monoisotopic (exact) mass is 277 g/mol. The SMILES string of the molecule is CC(C)N(C)CCCNC(=O)[C@H](N)Cc1ccccc1. The van der Waals surface area contributed by atoms with Gasteiger partial charge in [-0.25, -0.2) is 0 Å². The number of rotatable bonds is 8. The quantitative estimate of drug-likeness (QED) is 0.706. The second kappa shape index (κ2) is 8.72. The van der Waals surface area contributed by atoms with Crippen molar-refractivity contribution in [1.29, 1.82) is 0 Å². The summed E-state index contributed by atoms with van der Waals surface area (Å²) in [4.78, 5) is 14.1. The molecule has 112 valence electrons. The molecule has 20 heavy (non-hydrogen) atoms. The largest absolute Gasteiger partial charge is 0.355 e. The molecule has 0 aromatic heterocycles. The Morgan fingerprint density at radius 3 is 2.55 bits per heavy atom. The van der Waals surface area contributed by atoms with Crippen LogP contribution in [0.25, 0.3) is 0 Å². The summed E-state index contributed by atoms with van der Waals surface area (Å²) in [6.45, 7) is 5.98. The number of nitrogens with zero attached hydrogens (tertiary/aromatic N) is 1. The number of carbonyl (C=O) groups is 1. The summed E-state index contributed by atoms with van der Waals surface area (Å²) in [6, 6.07) is 9.92. The molecule has 0 aliphatic carbocycles. The van der Waals surface area contributed by atoms with Crippen molar-refractivity contribution < 1.29 is 4.79 Å². The van der Waals surface area contributed by atoms with Crippen molar-refractivity contribution in [2.75, 3.05) is 20.1 Å². The first-order valence-corrected chi connectivity index (χ1v) is 7.28. The number of nitrogens with two attached hydrogens (primary N) is 1. The fourth-order valence-corrected chi connectivity index (χ4v) is 1.89. The van der Waals surface area contributed by atoms with Gasteiger partial charge in [0.25, 0.3) is 0 Å². The van der Waals surface area contributed by atoms with E-state index in [1.54, 1.807) is 0 Å². The molecular weight excluding hydrogens is 250 g/mol. The number of benzene rings is 1. The molecule has 0 unspecified atom stereocenters. The molecule has 0 saturated carbocycles. The number of hydrogen-bond donors (Lipinski definition) is 2. The zero-order valence-corrected chi connectivity index (χ0v) is 12.8. The Bertz CT molecular complexity index is 392. The molecule has 1 amide bonds. The molecular formula is C16H27N3O. The Hall–Kier alpha value is -1.39. The number of hydrogen-bond acceptors (Lipinski definition) is 3. The third-order valence-electron chi connectivity index (χ3n) is 3.50. The van der Waals surface area contributed by atoms with E-state index < -0.39 is 6.04 Å². The topological polar surface area (TPSA) is 58.4 Å². The maximum atomic E-state index is 11.9. The van der Waals surface area contributed by atoms with Crippen molar-refractivity contribution in [3.8, 4) is 0 Å². The number of nitrogens with one attached hydrogen (secondary N) is 1. The number of amides is 1. The predicted molar refractivity (Wildman–Crippen MR) is 83.5 cm³/mol. The van der Waals surface area contributed by atoms with Gasteiger partial charge in [-0.2, -0.15) is 0 Å². The van der Waals surface area contributed by atoms with Crippen LogP contribution in [0, 0.1) is 0 Å². The van der Waals surface area contributed by atoms with Crippen molar-refractivity contribution in [2.24, 2.45) is 5.73 Å². The van der Waals surface area contributed by atoms with Crippen LogP contribution in [0.5, 0.6) is 0 Å². The Morgan fingerprint density at radius 2 is 1.95 bits per heavy atom. The van der Waals surface area contributed by atoms with Gasteiger partial charge in [0.2, 0.25) is 5.91 Å². The molecule has 1 aromatic carbocycles. The summed E-state index contributed by atoms with van der Waals surface area (Å²) in [7, 11) is 2.09. The average Bonchev–Trinajstić information content (AvgIpc) is 2.43. The van der Waals surface area contributed by atoms with Crippen molar-refractivity contribution in [3.05, 3.63) is 35.9 Å². The van der Waals surface area contributed by atoms with Crippen LogP contribution >= 0.6 is 0 Å². The first-order chi connectivity index (χ1) is 9.50. The van der Waals surface area contributed by atoms with Crippen LogP contribution in [0.1, 0.15) is 25.8 Å². The van der Waals surface area contributed by atoms with Crippen LogP contribution in [-0.4, -0.2) is 43.0 Å². The van der Waals surface area contributed by atoms with E-state index in [1.807, 2.05) is 30.3 Å². The Morgan fingerprint density at radius 1 is 1.30 bits per heavy atom. The van der Waals surface area contributed by atoms with Crippen LogP contribution in [-0.2, 0) is 11.2 Å². The highest BCUT2D eigenvalue weighted by Gasteiger charge is 2.13. The molecule has 0 fully saturated rings. The maximum Gasteiger partial charge on any atom is 0.237 e. The molecule has 0 bridgehead atoms. The van der Waals surface area contributed by atoms with Gasteiger partial charge in [0.05, 0.1) is 6.04 Å². The van der Waals surface area contributed by atoms with Crippen LogP contribution in [0.15, 0.2) is 30.3 Å². The van der Waals surface area contributed by atoms with E-state index in [0.29, 0.717) is 19.0 Å². The summed E-state index contributed by atoms with van der Waals surface area (Å²) >= 11 is 0. The lowest BCUT2D eigenvalue weighted by molar-refractivity contribution is -0.122. The third-order valence-corrected chi connectivity index (χ3v) is 3.50. The standard InChI is InChI=1S/C16H27N3O/c1-13(2)19(3)11-7-10-18-16(20)15(17)12-14-8-5-4-6-9-14/h4-6,8-9,13,15H,7,10-12,17H2,1-3H3,(H,18,20)/t15-/m1/s1. The van der Waals surface area contributed by atoms with Gasteiger partial charge in [-0.15, -0.1) is 0 Å². The van der Waals surface area contributed by atoms with Crippen molar-refractivity contribution in [2.45, 2.75) is 38.8 Å². The van der Waals surface area contributed by atoms with E-state index in [2.05, 4.69) is 31.1 Å². The fraction of sp³-hybridized carbons (Fsp3) is 0.562. The summed E-state index contributed by atoms with van der Waals surface area (Å²) in [5, 5.41) is 2.91. The molecule has 0 aliphatic rings. The van der Waals surface area contributed by atoms with Crippen LogP contribution in [0.2, 0.25) is 0 Å². The summed E-state index contributed by atoms with van der Waals surface area (Å²) in [5.74, 6) is -0.0685. The van der Waals surface area contributed by atoms with Gasteiger partial charge in [-0.3, -0.25) is 4.79 Å². The summed E-state index contributed by atoms with van der Waals surface area (Å²) in [6.07, 6.45) is 1.52. The van der Waals surface area contributed by atoms with E-state index in [1.165, 1.54) is 0 Å². The molecule has 1 aromatic rings. The van der Waals surface area contributed by atoms with Crippen LogP contribution in [0.3, 0.4) is 0 Å². The van der Waals surface area contributed by atoms with Gasteiger partial charge in [0, 0.05) is 12.6 Å². The molecule has 4 nitrogen and oxygen atoms in total. The van der Waals surface area contributed by atoms with E-state index in [-0.39, 0.29) is 5.91 Å². The smallest absolute Gasteiger partial charge is 0.237 e. The molecule has 0 radical (unpaired) electrons. The minimum Gasteiger partial charge on any atom is -0.355 e. The zero-order valence-electron chi connectivity index (χ0n) is 12.8. The normalized spacial score (nSPS) is 12.7. The fourth-order valence-electron chi connectivity index (χ4n) is 1.89. The highest BCUT2D eigenvalue weighted by atomic mass is 16.2. The van der Waals surface area contributed by atoms with Gasteiger partial charge in [-0.1, -0.05) is 30.3 Å². The van der Waals surface area contributed by atoms with Crippen molar-refractivity contribution >= 4 is 5.91 Å². The highest BCUT2D eigenvalue weighted by Crippen LogP contribution is 2.02. The van der Waals surface area contributed by atoms with Crippen molar-refractivity contribution in [3.63, 3.8) is 0 Å². The Kier molecular flexibility index (Phi) is 7.26. The molecule has 3 N–H and O–H groups in total. The summed E-state index contributed by atoms with van der Waals surface area (Å²) < 4.78 is 0. The van der Waals surface area contributed by atoms with Crippen LogP contribution in [0.4, 0.5) is 0 Å². The highest BCUT2D eigenvalue weighted by molar-refractivity contribution is 5.81. The molecule has 0 aliphatic heterocycles. The minimum atomic E-state index is -0.472. The van der Waals surface area contributed by atoms with Gasteiger partial charge >= 0.3 is 0 Å². The van der Waals surface area contributed by atoms with Gasteiger partial charge in [0.15, 0.2) is 0 Å². The molecule has 1 atom stereocenters. The van der Waals surface area contributed by atoms with E-state index in [0.717, 1.165) is 18.5 Å². The first kappa shape index (κ1) is 16.7. The first-order valence-electron chi connectivity index (χ1n) is 7.28. The maximum absolute atomic E-state index is 11.9. The zero-order chi connectivity index (χ0) is 15.0. The Labute approximate surface area is 122 Å². The lowest BCUT2D eigenvalue weighted by Gasteiger charge is -2.21. The lowest BCUT2D eigenvalue weighted by atomic mass is 10.1. The lowest BCUT2D eigenvalue weighted by Crippen LogP contribution is -2.43. The predicted octanol–water partition coefficient (Wildman–Crippen LogP) is 1.40. The average molecular weight is 277 g/mol. The molecule has 0 heterocycles. The molecule has 0 spiro atoms. The van der Waals surface area contributed by atoms with Gasteiger partial charge < -0.3 is 16.0 Å². The summed E-state index contributed by atoms with van der Waals surface area (Å²) in [5.41, 5.74) is 7.01. The molecule has 1 rings (SSSR count). The second-order valence-corrected chi connectivity index (χ2v) is 5.52. The van der Waals surface area contributed by atoms with E-state index >= 15 is 0 Å². The Balaban J connectivity index is 2.22. The van der Waals surface area contributed by atoms with Crippen molar-refractivity contribution in [1.82, 2.24) is 10.2 Å².